The molecule has 25 heavy (non-hydrogen) atoms. The van der Waals surface area contributed by atoms with Crippen molar-refractivity contribution in [2.75, 3.05) is 0 Å². The first kappa shape index (κ1) is 23.6. The monoisotopic (exact) mass is 419 g/mol. The highest BCUT2D eigenvalue weighted by Gasteiger charge is 2.46. The number of alkyl halides is 6. The van der Waals surface area contributed by atoms with Gasteiger partial charge in [0.2, 0.25) is 6.33 Å². The summed E-state index contributed by atoms with van der Waals surface area (Å²) in [5, 5.41) is 0. The zero-order valence-electron chi connectivity index (χ0n) is 12.9. The molecular weight excluding hydrogens is 404 g/mol. The number of aryl methyl sites for hydroxylation is 2. The molecule has 0 saturated heterocycles. The maximum Gasteiger partial charge on any atom is 0.480 e. The second kappa shape index (κ2) is 8.35. The van der Waals surface area contributed by atoms with Gasteiger partial charge in [-0.25, -0.2) is 26.0 Å². The van der Waals surface area contributed by atoms with E-state index in [-0.39, 0.29) is 0 Å². The van der Waals surface area contributed by atoms with Crippen LogP contribution in [0, 0.1) is 0 Å². The van der Waals surface area contributed by atoms with Crippen LogP contribution in [0.5, 0.6) is 0 Å². The molecule has 0 aliphatic heterocycles. The van der Waals surface area contributed by atoms with Crippen molar-refractivity contribution in [1.29, 1.82) is 0 Å². The van der Waals surface area contributed by atoms with Crippen LogP contribution in [0.15, 0.2) is 18.7 Å². The summed E-state index contributed by atoms with van der Waals surface area (Å²) in [5.41, 5.74) is -12.4. The first-order valence-electron chi connectivity index (χ1n) is 6.49. The summed E-state index contributed by atoms with van der Waals surface area (Å²) in [4.78, 5) is 0. The molecule has 1 aromatic rings. The number of halogens is 6. The maximum atomic E-state index is 11.4. The molecule has 0 bridgehead atoms. The zero-order valence-corrected chi connectivity index (χ0v) is 14.5. The van der Waals surface area contributed by atoms with Gasteiger partial charge in [0.1, 0.15) is 12.4 Å². The SMILES string of the molecule is CCC[n+]1ccn(CC)c1.O=S(=O)([N-]S(=O)(=O)C(F)(F)F)C(F)(F)F. The van der Waals surface area contributed by atoms with Gasteiger partial charge in [0.05, 0.1) is 13.1 Å². The van der Waals surface area contributed by atoms with Gasteiger partial charge in [0.15, 0.2) is 20.0 Å². The van der Waals surface area contributed by atoms with Gasteiger partial charge in [-0.2, -0.15) is 26.3 Å². The minimum absolute atomic E-state index is 0.778. The third kappa shape index (κ3) is 7.19. The molecule has 0 aliphatic rings. The maximum absolute atomic E-state index is 11.4. The van der Waals surface area contributed by atoms with E-state index in [9.17, 15) is 43.2 Å². The average Bonchev–Trinajstić information content (AvgIpc) is 2.84. The van der Waals surface area contributed by atoms with Gasteiger partial charge in [0.25, 0.3) is 0 Å². The lowest BCUT2D eigenvalue weighted by Gasteiger charge is -2.22. The van der Waals surface area contributed by atoms with Crippen LogP contribution < -0.4 is 4.57 Å². The Kier molecular flexibility index (Phi) is 7.90. The van der Waals surface area contributed by atoms with Crippen molar-refractivity contribution in [2.24, 2.45) is 0 Å². The first-order chi connectivity index (χ1) is 11.1. The molecule has 0 atom stereocenters. The molecule has 1 aromatic heterocycles. The Morgan fingerprint density at radius 3 is 1.68 bits per heavy atom. The fraction of sp³-hybridized carbons (Fsp3) is 0.700. The number of hydrogen-bond acceptors (Lipinski definition) is 4. The number of imidazole rings is 1. The van der Waals surface area contributed by atoms with Crippen LogP contribution in [-0.4, -0.2) is 32.4 Å². The third-order valence-corrected chi connectivity index (χ3v) is 5.11. The Balaban J connectivity index is 0.000000496. The minimum Gasteiger partial charge on any atom is -0.421 e. The molecule has 0 amide bonds. The van der Waals surface area contributed by atoms with Crippen molar-refractivity contribution in [3.05, 3.63) is 22.8 Å². The smallest absolute Gasteiger partial charge is 0.421 e. The Morgan fingerprint density at radius 1 is 0.960 bits per heavy atom. The van der Waals surface area contributed by atoms with Crippen molar-refractivity contribution in [3.8, 4) is 0 Å². The van der Waals surface area contributed by atoms with Crippen molar-refractivity contribution >= 4 is 20.0 Å². The largest absolute Gasteiger partial charge is 0.480 e. The predicted molar refractivity (Wildman–Crippen MR) is 73.9 cm³/mol. The highest BCUT2D eigenvalue weighted by Crippen LogP contribution is 2.36. The molecule has 0 saturated carbocycles. The highest BCUT2D eigenvalue weighted by molar-refractivity contribution is 8.13. The van der Waals surface area contributed by atoms with Crippen molar-refractivity contribution < 1.29 is 47.7 Å². The lowest BCUT2D eigenvalue weighted by molar-refractivity contribution is -0.696. The summed E-state index contributed by atoms with van der Waals surface area (Å²) in [6.45, 7) is 6.54. The quantitative estimate of drug-likeness (QED) is 0.541. The topological polar surface area (TPSA) is 91.2 Å². The number of rotatable bonds is 5. The molecule has 0 radical (unpaired) electrons. The Bertz CT molecular complexity index is 710. The van der Waals surface area contributed by atoms with E-state index in [1.165, 1.54) is 6.42 Å². The molecule has 148 valence electrons. The van der Waals surface area contributed by atoms with E-state index in [0.717, 1.165) is 17.2 Å². The minimum atomic E-state index is -6.72. The van der Waals surface area contributed by atoms with E-state index in [1.807, 2.05) is 0 Å². The van der Waals surface area contributed by atoms with Gasteiger partial charge >= 0.3 is 11.0 Å². The molecule has 0 aliphatic carbocycles. The molecule has 0 N–H and O–H groups in total. The molecule has 0 unspecified atom stereocenters. The third-order valence-electron chi connectivity index (χ3n) is 2.37. The highest BCUT2D eigenvalue weighted by atomic mass is 32.3. The zero-order chi connectivity index (χ0) is 20.1. The summed E-state index contributed by atoms with van der Waals surface area (Å²) in [6, 6.07) is 0. The Labute approximate surface area is 140 Å². The van der Waals surface area contributed by atoms with Gasteiger partial charge in [-0.3, -0.25) is 0 Å². The molecular formula is C10H15F6N3O4S2. The normalized spacial score (nSPS) is 13.3. The average molecular weight is 419 g/mol. The van der Waals surface area contributed by atoms with Crippen LogP contribution >= 0.6 is 0 Å². The second-order valence-corrected chi connectivity index (χ2v) is 7.82. The molecule has 7 nitrogen and oxygen atoms in total. The van der Waals surface area contributed by atoms with Crippen LogP contribution in [0.1, 0.15) is 20.3 Å². The summed E-state index contributed by atoms with van der Waals surface area (Å²) < 4.78 is 114. The van der Waals surface area contributed by atoms with E-state index >= 15 is 0 Å². The van der Waals surface area contributed by atoms with E-state index in [0.29, 0.717) is 0 Å². The first-order valence-corrected chi connectivity index (χ1v) is 9.37. The molecule has 0 fully saturated rings. The van der Waals surface area contributed by atoms with Crippen LogP contribution in [-0.2, 0) is 33.1 Å². The molecule has 0 aromatic carbocycles. The second-order valence-electron chi connectivity index (χ2n) is 4.40. The molecule has 15 heteroatoms. The van der Waals surface area contributed by atoms with Gasteiger partial charge in [-0.1, -0.05) is 6.92 Å². The van der Waals surface area contributed by atoms with Gasteiger partial charge in [-0.05, 0) is 13.3 Å². The number of hydrogen-bond donors (Lipinski definition) is 0. The predicted octanol–water partition coefficient (Wildman–Crippen LogP) is 2.26. The lowest BCUT2D eigenvalue weighted by atomic mass is 10.5. The van der Waals surface area contributed by atoms with E-state index in [4.69, 9.17) is 0 Å². The fourth-order valence-corrected chi connectivity index (χ4v) is 2.94. The number of nitrogens with zero attached hydrogens (tertiary/aromatic N) is 3. The number of sulfonamides is 2. The standard InChI is InChI=1S/C8H15N2.C2F6NO4S2/c1-3-5-10-7-6-9(4-2)8-10;3-1(4,5)14(10,11)9-15(12,13)2(6,7)8/h6-8H,3-5H2,1-2H3;/q+1;-1. The van der Waals surface area contributed by atoms with Gasteiger partial charge in [-0.15, -0.1) is 0 Å². The van der Waals surface area contributed by atoms with E-state index in [1.54, 1.807) is 0 Å². The molecule has 1 rings (SSSR count). The van der Waals surface area contributed by atoms with Crippen molar-refractivity contribution in [1.82, 2.24) is 4.57 Å². The lowest BCUT2D eigenvalue weighted by Crippen LogP contribution is -2.30. The van der Waals surface area contributed by atoms with Crippen LogP contribution in [0.2, 0.25) is 0 Å². The number of aromatic nitrogens is 2. The van der Waals surface area contributed by atoms with Gasteiger partial charge in [0, 0.05) is 0 Å². The Hall–Kier alpha value is -1.35. The molecule has 1 heterocycles. The van der Waals surface area contributed by atoms with Crippen LogP contribution in [0.25, 0.3) is 4.13 Å². The molecule has 0 spiro atoms. The summed E-state index contributed by atoms with van der Waals surface area (Å²) in [5.74, 6) is 0. The van der Waals surface area contributed by atoms with Crippen LogP contribution in [0.4, 0.5) is 26.3 Å². The van der Waals surface area contributed by atoms with E-state index in [2.05, 4.69) is 41.7 Å². The van der Waals surface area contributed by atoms with Crippen molar-refractivity contribution in [3.63, 3.8) is 0 Å². The van der Waals surface area contributed by atoms with Crippen LogP contribution in [0.3, 0.4) is 0 Å². The van der Waals surface area contributed by atoms with Gasteiger partial charge < -0.3 is 4.13 Å². The van der Waals surface area contributed by atoms with Crippen molar-refractivity contribution in [2.45, 2.75) is 44.4 Å². The Morgan fingerprint density at radius 2 is 1.40 bits per heavy atom. The summed E-state index contributed by atoms with van der Waals surface area (Å²) in [6.07, 6.45) is 7.57. The summed E-state index contributed by atoms with van der Waals surface area (Å²) in [7, 11) is -13.4. The summed E-state index contributed by atoms with van der Waals surface area (Å²) >= 11 is 0. The fourth-order valence-electron chi connectivity index (χ4n) is 1.23. The van der Waals surface area contributed by atoms with E-state index < -0.39 is 31.1 Å².